The van der Waals surface area contributed by atoms with Crippen molar-refractivity contribution in [1.82, 2.24) is 20.2 Å². The maximum atomic E-state index is 12.4. The molecule has 114 valence electrons. The number of amides is 1. The van der Waals surface area contributed by atoms with E-state index in [-0.39, 0.29) is 30.7 Å². The minimum Gasteiger partial charge on any atom is -0.336 e. The maximum Gasteiger partial charge on any atom is 0.274 e. The van der Waals surface area contributed by atoms with Gasteiger partial charge in [-0.05, 0) is 25.1 Å². The van der Waals surface area contributed by atoms with Crippen LogP contribution in [-0.4, -0.2) is 47.0 Å². The molecule has 1 aliphatic rings. The van der Waals surface area contributed by atoms with E-state index in [1.807, 2.05) is 29.2 Å². The summed E-state index contributed by atoms with van der Waals surface area (Å²) in [5.41, 5.74) is 2.01. The normalized spacial score (nSPS) is 14.8. The van der Waals surface area contributed by atoms with Gasteiger partial charge in [0.1, 0.15) is 5.69 Å². The number of benzene rings is 1. The van der Waals surface area contributed by atoms with Crippen LogP contribution in [0.5, 0.6) is 0 Å². The lowest BCUT2D eigenvalue weighted by Crippen LogP contribution is -2.34. The fourth-order valence-electron chi connectivity index (χ4n) is 2.27. The molecule has 1 saturated heterocycles. The molecular formula is C14H18Cl2N4O. The molecule has 1 amide bonds. The lowest BCUT2D eigenvalue weighted by Gasteiger charge is -2.19. The number of nitrogens with one attached hydrogen (secondary N) is 1. The lowest BCUT2D eigenvalue weighted by molar-refractivity contribution is 0.0760. The summed E-state index contributed by atoms with van der Waals surface area (Å²) in [4.78, 5) is 22.9. The van der Waals surface area contributed by atoms with Crippen molar-refractivity contribution in [1.29, 1.82) is 0 Å². The predicted molar refractivity (Wildman–Crippen MR) is 87.4 cm³/mol. The molecule has 5 nitrogen and oxygen atoms in total. The number of halogens is 2. The number of hydrogen-bond acceptors (Lipinski definition) is 4. The molecule has 0 bridgehead atoms. The Labute approximate surface area is 136 Å². The highest BCUT2D eigenvalue weighted by molar-refractivity contribution is 5.93. The van der Waals surface area contributed by atoms with Crippen molar-refractivity contribution >= 4 is 41.8 Å². The van der Waals surface area contributed by atoms with Crippen molar-refractivity contribution in [3.63, 3.8) is 0 Å². The third-order valence-corrected chi connectivity index (χ3v) is 3.29. The zero-order valence-electron chi connectivity index (χ0n) is 11.5. The van der Waals surface area contributed by atoms with Crippen molar-refractivity contribution < 1.29 is 4.79 Å². The van der Waals surface area contributed by atoms with Crippen LogP contribution in [0.1, 0.15) is 16.9 Å². The van der Waals surface area contributed by atoms with Crippen LogP contribution < -0.4 is 5.32 Å². The van der Waals surface area contributed by atoms with E-state index in [4.69, 9.17) is 0 Å². The van der Waals surface area contributed by atoms with Gasteiger partial charge in [-0.2, -0.15) is 0 Å². The highest BCUT2D eigenvalue weighted by Crippen LogP contribution is 2.10. The fraction of sp³-hybridized carbons (Fsp3) is 0.357. The van der Waals surface area contributed by atoms with E-state index >= 15 is 0 Å². The number of rotatable bonds is 1. The second-order valence-corrected chi connectivity index (χ2v) is 4.64. The standard InChI is InChI=1S/C14H16N4O.2ClH/c19-14(18-8-3-6-15-7-9-18)13-10-16-11-4-1-2-5-12(11)17-13;;/h1-2,4-5,10,15H,3,6-9H2;2*1H. The Morgan fingerprint density at radius 1 is 1.10 bits per heavy atom. The third kappa shape index (κ3) is 4.03. The van der Waals surface area contributed by atoms with Gasteiger partial charge in [-0.25, -0.2) is 4.98 Å². The second-order valence-electron chi connectivity index (χ2n) is 4.64. The van der Waals surface area contributed by atoms with E-state index in [2.05, 4.69) is 15.3 Å². The van der Waals surface area contributed by atoms with Gasteiger partial charge in [0.05, 0.1) is 17.2 Å². The molecule has 1 aliphatic heterocycles. The summed E-state index contributed by atoms with van der Waals surface area (Å²) >= 11 is 0. The number of aromatic nitrogens is 2. The van der Waals surface area contributed by atoms with Crippen LogP contribution in [-0.2, 0) is 0 Å². The molecule has 0 saturated carbocycles. The summed E-state index contributed by atoms with van der Waals surface area (Å²) in [6.07, 6.45) is 2.55. The average Bonchev–Trinajstić information content (AvgIpc) is 2.75. The summed E-state index contributed by atoms with van der Waals surface area (Å²) in [5.74, 6) is -0.0260. The molecule has 3 rings (SSSR count). The SMILES string of the molecule is Cl.Cl.O=C(c1cnc2ccccc2n1)N1CCCNCC1. The molecule has 0 atom stereocenters. The van der Waals surface area contributed by atoms with Gasteiger partial charge < -0.3 is 10.2 Å². The van der Waals surface area contributed by atoms with Gasteiger partial charge in [0.25, 0.3) is 5.91 Å². The first-order chi connectivity index (χ1) is 9.34. The summed E-state index contributed by atoms with van der Waals surface area (Å²) < 4.78 is 0. The number of carbonyl (C=O) groups excluding carboxylic acids is 1. The van der Waals surface area contributed by atoms with Crippen LogP contribution in [0.3, 0.4) is 0 Å². The molecule has 21 heavy (non-hydrogen) atoms. The third-order valence-electron chi connectivity index (χ3n) is 3.29. The molecule has 0 aliphatic carbocycles. The summed E-state index contributed by atoms with van der Waals surface area (Å²) in [7, 11) is 0. The summed E-state index contributed by atoms with van der Waals surface area (Å²) in [6.45, 7) is 3.31. The minimum absolute atomic E-state index is 0. The van der Waals surface area contributed by atoms with Crippen LogP contribution in [0, 0.1) is 0 Å². The Hall–Kier alpha value is -1.43. The van der Waals surface area contributed by atoms with Gasteiger partial charge in [0.2, 0.25) is 0 Å². The number of fused-ring (bicyclic) bond motifs is 1. The number of para-hydroxylation sites is 2. The van der Waals surface area contributed by atoms with Crippen molar-refractivity contribution in [2.24, 2.45) is 0 Å². The van der Waals surface area contributed by atoms with E-state index in [1.54, 1.807) is 6.20 Å². The first kappa shape index (κ1) is 17.6. The topological polar surface area (TPSA) is 58.1 Å². The highest BCUT2D eigenvalue weighted by Gasteiger charge is 2.18. The molecular weight excluding hydrogens is 311 g/mol. The quantitative estimate of drug-likeness (QED) is 0.868. The monoisotopic (exact) mass is 328 g/mol. The molecule has 0 radical (unpaired) electrons. The molecule has 0 unspecified atom stereocenters. The van der Waals surface area contributed by atoms with E-state index in [0.717, 1.165) is 43.6 Å². The van der Waals surface area contributed by atoms with Crippen LogP contribution in [0.2, 0.25) is 0 Å². The van der Waals surface area contributed by atoms with E-state index < -0.39 is 0 Å². The largest absolute Gasteiger partial charge is 0.336 e. The Morgan fingerprint density at radius 2 is 1.86 bits per heavy atom. The Morgan fingerprint density at radius 3 is 2.67 bits per heavy atom. The predicted octanol–water partition coefficient (Wildman–Crippen LogP) is 1.91. The molecule has 1 fully saturated rings. The second kappa shape index (κ2) is 8.12. The van der Waals surface area contributed by atoms with Crippen LogP contribution in [0.25, 0.3) is 11.0 Å². The zero-order chi connectivity index (χ0) is 13.1. The molecule has 1 aromatic carbocycles. The van der Waals surface area contributed by atoms with Crippen LogP contribution in [0.4, 0.5) is 0 Å². The number of carbonyl (C=O) groups is 1. The smallest absolute Gasteiger partial charge is 0.274 e. The van der Waals surface area contributed by atoms with E-state index in [1.165, 1.54) is 0 Å². The van der Waals surface area contributed by atoms with Crippen molar-refractivity contribution in [2.75, 3.05) is 26.2 Å². The zero-order valence-corrected chi connectivity index (χ0v) is 13.1. The van der Waals surface area contributed by atoms with Gasteiger partial charge in [0, 0.05) is 19.6 Å². The van der Waals surface area contributed by atoms with Gasteiger partial charge in [-0.3, -0.25) is 9.78 Å². The molecule has 7 heteroatoms. The average molecular weight is 329 g/mol. The first-order valence-electron chi connectivity index (χ1n) is 6.56. The minimum atomic E-state index is -0.0260. The van der Waals surface area contributed by atoms with Gasteiger partial charge >= 0.3 is 0 Å². The fourth-order valence-corrected chi connectivity index (χ4v) is 2.27. The van der Waals surface area contributed by atoms with Gasteiger partial charge in [-0.15, -0.1) is 24.8 Å². The van der Waals surface area contributed by atoms with Crippen molar-refractivity contribution in [3.05, 3.63) is 36.2 Å². The maximum absolute atomic E-state index is 12.4. The van der Waals surface area contributed by atoms with E-state index in [9.17, 15) is 4.79 Å². The highest BCUT2D eigenvalue weighted by atomic mass is 35.5. The van der Waals surface area contributed by atoms with Crippen LogP contribution >= 0.6 is 24.8 Å². The lowest BCUT2D eigenvalue weighted by atomic mass is 10.2. The number of hydrogen-bond donors (Lipinski definition) is 1. The summed E-state index contributed by atoms with van der Waals surface area (Å²) in [6, 6.07) is 7.59. The van der Waals surface area contributed by atoms with E-state index in [0.29, 0.717) is 5.69 Å². The van der Waals surface area contributed by atoms with Crippen molar-refractivity contribution in [3.8, 4) is 0 Å². The molecule has 1 aromatic heterocycles. The Balaban J connectivity index is 0.00000110. The summed E-state index contributed by atoms with van der Waals surface area (Å²) in [5, 5.41) is 3.28. The molecule has 0 spiro atoms. The van der Waals surface area contributed by atoms with Gasteiger partial charge in [0.15, 0.2) is 0 Å². The molecule has 2 aromatic rings. The van der Waals surface area contributed by atoms with Crippen molar-refractivity contribution in [2.45, 2.75) is 6.42 Å². The molecule has 2 heterocycles. The Bertz CT molecular complexity index is 600. The first-order valence-corrected chi connectivity index (χ1v) is 6.56. The number of nitrogens with zero attached hydrogens (tertiary/aromatic N) is 3. The molecule has 1 N–H and O–H groups in total. The van der Waals surface area contributed by atoms with Gasteiger partial charge in [-0.1, -0.05) is 12.1 Å². The Kier molecular flexibility index (Phi) is 6.81. The van der Waals surface area contributed by atoms with Crippen LogP contribution in [0.15, 0.2) is 30.5 Å².